The first-order valence-electron chi connectivity index (χ1n) is 4.42. The zero-order chi connectivity index (χ0) is 11.3. The molecule has 0 saturated carbocycles. The fourth-order valence-corrected chi connectivity index (χ4v) is 1.59. The summed E-state index contributed by atoms with van der Waals surface area (Å²) in [6, 6.07) is 5.22. The monoisotopic (exact) mass is 320 g/mol. The second-order valence-corrected chi connectivity index (χ2v) is 4.20. The Morgan fingerprint density at radius 3 is 2.73 bits per heavy atom. The minimum absolute atomic E-state index is 0.473. The summed E-state index contributed by atoms with van der Waals surface area (Å²) in [6.45, 7) is 1.06. The number of halogens is 1. The molecular weight excluding hydrogens is 307 g/mol. The van der Waals surface area contributed by atoms with Crippen molar-refractivity contribution >= 4 is 40.0 Å². The van der Waals surface area contributed by atoms with Crippen LogP contribution in [0.2, 0.25) is 0 Å². The van der Waals surface area contributed by atoms with Gasteiger partial charge in [0.2, 0.25) is 0 Å². The standard InChI is InChI=1S/C9H13IN4O/c10-6-1-2-8(7(11)5-6)13-3-4-14-9(12)15/h1-2,5,13H,3-4,11H2,(H3,12,14,15). The molecule has 0 heterocycles. The number of rotatable bonds is 4. The van der Waals surface area contributed by atoms with Crippen LogP contribution in [0.3, 0.4) is 0 Å². The Balaban J connectivity index is 2.40. The number of carbonyl (C=O) groups excluding carboxylic acids is 1. The van der Waals surface area contributed by atoms with Crippen molar-refractivity contribution in [2.45, 2.75) is 0 Å². The molecule has 0 aliphatic rings. The normalized spacial score (nSPS) is 9.67. The number of primary amides is 1. The summed E-state index contributed by atoms with van der Waals surface area (Å²) < 4.78 is 1.09. The van der Waals surface area contributed by atoms with Crippen molar-refractivity contribution in [2.24, 2.45) is 5.73 Å². The summed E-state index contributed by atoms with van der Waals surface area (Å²) in [5.41, 5.74) is 12.3. The van der Waals surface area contributed by atoms with Gasteiger partial charge >= 0.3 is 6.03 Å². The Labute approximate surface area is 102 Å². The van der Waals surface area contributed by atoms with E-state index in [0.717, 1.165) is 9.26 Å². The third kappa shape index (κ3) is 4.24. The highest BCUT2D eigenvalue weighted by Gasteiger charge is 1.98. The number of amides is 2. The van der Waals surface area contributed by atoms with Crippen molar-refractivity contribution in [3.8, 4) is 0 Å². The van der Waals surface area contributed by atoms with Crippen molar-refractivity contribution in [1.29, 1.82) is 0 Å². The molecule has 0 spiro atoms. The minimum Gasteiger partial charge on any atom is -0.397 e. The second-order valence-electron chi connectivity index (χ2n) is 2.95. The van der Waals surface area contributed by atoms with Gasteiger partial charge in [0.1, 0.15) is 0 Å². The van der Waals surface area contributed by atoms with Crippen LogP contribution < -0.4 is 22.1 Å². The lowest BCUT2D eigenvalue weighted by Crippen LogP contribution is -2.33. The van der Waals surface area contributed by atoms with Crippen LogP contribution in [-0.4, -0.2) is 19.1 Å². The molecule has 0 bridgehead atoms. The van der Waals surface area contributed by atoms with Gasteiger partial charge in [0.15, 0.2) is 0 Å². The number of hydrogen-bond acceptors (Lipinski definition) is 3. The van der Waals surface area contributed by atoms with Crippen molar-refractivity contribution in [3.63, 3.8) is 0 Å². The molecule has 1 aromatic carbocycles. The SMILES string of the molecule is NC(=O)NCCNc1ccc(I)cc1N. The molecule has 0 aliphatic heterocycles. The number of nitrogens with one attached hydrogen (secondary N) is 2. The highest BCUT2D eigenvalue weighted by atomic mass is 127. The summed E-state index contributed by atoms with van der Waals surface area (Å²) in [6.07, 6.45) is 0. The molecule has 6 N–H and O–H groups in total. The summed E-state index contributed by atoms with van der Waals surface area (Å²) in [4.78, 5) is 10.4. The van der Waals surface area contributed by atoms with Gasteiger partial charge in [0.25, 0.3) is 0 Å². The predicted octanol–water partition coefficient (Wildman–Crippen LogP) is 0.954. The lowest BCUT2D eigenvalue weighted by molar-refractivity contribution is 0.249. The van der Waals surface area contributed by atoms with Gasteiger partial charge in [-0.05, 0) is 40.8 Å². The lowest BCUT2D eigenvalue weighted by Gasteiger charge is -2.09. The highest BCUT2D eigenvalue weighted by Crippen LogP contribution is 2.20. The Hall–Kier alpha value is -1.18. The first kappa shape index (κ1) is 11.9. The molecule has 0 aromatic heterocycles. The Bertz CT molecular complexity index is 356. The molecule has 1 rings (SSSR count). The van der Waals surface area contributed by atoms with E-state index in [4.69, 9.17) is 11.5 Å². The van der Waals surface area contributed by atoms with Crippen LogP contribution in [0.15, 0.2) is 18.2 Å². The highest BCUT2D eigenvalue weighted by molar-refractivity contribution is 14.1. The average molecular weight is 320 g/mol. The summed E-state index contributed by atoms with van der Waals surface area (Å²) >= 11 is 2.19. The Kier molecular flexibility index (Phi) is 4.47. The van der Waals surface area contributed by atoms with Gasteiger partial charge in [-0.15, -0.1) is 0 Å². The van der Waals surface area contributed by atoms with E-state index in [2.05, 4.69) is 33.2 Å². The quantitative estimate of drug-likeness (QED) is 0.378. The fourth-order valence-electron chi connectivity index (χ4n) is 1.08. The van der Waals surface area contributed by atoms with Gasteiger partial charge in [-0.2, -0.15) is 0 Å². The molecule has 15 heavy (non-hydrogen) atoms. The molecule has 0 unspecified atom stereocenters. The number of nitrogens with two attached hydrogens (primary N) is 2. The van der Waals surface area contributed by atoms with E-state index in [-0.39, 0.29) is 0 Å². The molecule has 1 aromatic rings. The molecule has 82 valence electrons. The van der Waals surface area contributed by atoms with Crippen molar-refractivity contribution in [3.05, 3.63) is 21.8 Å². The minimum atomic E-state index is -0.521. The van der Waals surface area contributed by atoms with Gasteiger partial charge in [-0.3, -0.25) is 0 Å². The third-order valence-electron chi connectivity index (χ3n) is 1.75. The molecular formula is C9H13IN4O. The smallest absolute Gasteiger partial charge is 0.312 e. The predicted molar refractivity (Wildman–Crippen MR) is 69.6 cm³/mol. The van der Waals surface area contributed by atoms with E-state index in [9.17, 15) is 4.79 Å². The largest absolute Gasteiger partial charge is 0.397 e. The number of carbonyl (C=O) groups is 1. The van der Waals surface area contributed by atoms with Gasteiger partial charge in [-0.1, -0.05) is 0 Å². The topological polar surface area (TPSA) is 93.2 Å². The average Bonchev–Trinajstić information content (AvgIpc) is 2.14. The molecule has 0 radical (unpaired) electrons. The van der Waals surface area contributed by atoms with Crippen molar-refractivity contribution in [1.82, 2.24) is 5.32 Å². The van der Waals surface area contributed by atoms with Crippen molar-refractivity contribution in [2.75, 3.05) is 24.1 Å². The van der Waals surface area contributed by atoms with Crippen LogP contribution in [0.5, 0.6) is 0 Å². The zero-order valence-electron chi connectivity index (χ0n) is 8.09. The molecule has 6 heteroatoms. The first-order valence-corrected chi connectivity index (χ1v) is 5.49. The van der Waals surface area contributed by atoms with E-state index in [1.165, 1.54) is 0 Å². The van der Waals surface area contributed by atoms with E-state index in [0.29, 0.717) is 18.8 Å². The number of urea groups is 1. The van der Waals surface area contributed by atoms with Crippen LogP contribution in [0.1, 0.15) is 0 Å². The molecule has 0 atom stereocenters. The summed E-state index contributed by atoms with van der Waals surface area (Å²) in [5.74, 6) is 0. The van der Waals surface area contributed by atoms with Crippen LogP contribution in [-0.2, 0) is 0 Å². The van der Waals surface area contributed by atoms with Crippen molar-refractivity contribution < 1.29 is 4.79 Å². The molecule has 0 aliphatic carbocycles. The van der Waals surface area contributed by atoms with Gasteiger partial charge in [0.05, 0.1) is 11.4 Å². The fraction of sp³-hybridized carbons (Fsp3) is 0.222. The zero-order valence-corrected chi connectivity index (χ0v) is 10.2. The molecule has 0 saturated heterocycles. The number of hydrogen-bond donors (Lipinski definition) is 4. The van der Waals surface area contributed by atoms with E-state index in [1.54, 1.807) is 0 Å². The Morgan fingerprint density at radius 1 is 1.40 bits per heavy atom. The van der Waals surface area contributed by atoms with Crippen LogP contribution in [0.25, 0.3) is 0 Å². The van der Waals surface area contributed by atoms with Gasteiger partial charge in [0, 0.05) is 16.7 Å². The summed E-state index contributed by atoms with van der Waals surface area (Å²) in [5, 5.41) is 5.58. The van der Waals surface area contributed by atoms with Crippen LogP contribution >= 0.6 is 22.6 Å². The maximum absolute atomic E-state index is 10.4. The Morgan fingerprint density at radius 2 is 2.13 bits per heavy atom. The number of anilines is 2. The molecule has 2 amide bonds. The maximum Gasteiger partial charge on any atom is 0.312 e. The number of benzene rings is 1. The number of nitrogen functional groups attached to an aromatic ring is 1. The van der Waals surface area contributed by atoms with Crippen LogP contribution in [0, 0.1) is 3.57 Å². The van der Waals surface area contributed by atoms with E-state index in [1.807, 2.05) is 18.2 Å². The lowest BCUT2D eigenvalue weighted by atomic mass is 10.3. The second kappa shape index (κ2) is 5.64. The van der Waals surface area contributed by atoms with Gasteiger partial charge < -0.3 is 22.1 Å². The van der Waals surface area contributed by atoms with E-state index >= 15 is 0 Å². The molecule has 5 nitrogen and oxygen atoms in total. The third-order valence-corrected chi connectivity index (χ3v) is 2.42. The summed E-state index contributed by atoms with van der Waals surface area (Å²) in [7, 11) is 0. The van der Waals surface area contributed by atoms with E-state index < -0.39 is 6.03 Å². The first-order chi connectivity index (χ1) is 7.09. The molecule has 0 fully saturated rings. The maximum atomic E-state index is 10.4. The van der Waals surface area contributed by atoms with Gasteiger partial charge in [-0.25, -0.2) is 4.79 Å². The van der Waals surface area contributed by atoms with Crippen LogP contribution in [0.4, 0.5) is 16.2 Å².